The number of hydrogen-bond acceptors (Lipinski definition) is 6. The first kappa shape index (κ1) is 38.3. The van der Waals surface area contributed by atoms with Gasteiger partial charge in [0.15, 0.2) is 12.6 Å². The van der Waals surface area contributed by atoms with Crippen LogP contribution < -0.4 is 0 Å². The van der Waals surface area contributed by atoms with E-state index in [0.717, 1.165) is 62.5 Å². The Morgan fingerprint density at radius 2 is 1.09 bits per heavy atom. The molecule has 0 bridgehead atoms. The van der Waals surface area contributed by atoms with Crippen LogP contribution in [0.1, 0.15) is 133 Å². The fourth-order valence-electron chi connectivity index (χ4n) is 6.66. The van der Waals surface area contributed by atoms with Gasteiger partial charge in [0.25, 0.3) is 0 Å². The Balaban J connectivity index is 2.32. The highest BCUT2D eigenvalue weighted by Gasteiger charge is 2.47. The van der Waals surface area contributed by atoms with Gasteiger partial charge in [0, 0.05) is 26.1 Å². The summed E-state index contributed by atoms with van der Waals surface area (Å²) < 4.78 is 24.5. The van der Waals surface area contributed by atoms with E-state index in [1.54, 1.807) is 0 Å². The Bertz CT molecular complexity index is 975. The SMILES string of the molecule is CCOC(C)O[C@@H]1/C(=C\CC/C=C2/CCC[C@@](C)(C(=O)CC=C(C)C)[C@H]2OC(C)OCC)CCC[C@]1(C)C(=O)CC=C(C)C. The smallest absolute Gasteiger partial charge is 0.155 e. The number of hydrogen-bond donors (Lipinski definition) is 0. The van der Waals surface area contributed by atoms with Crippen molar-refractivity contribution in [3.63, 3.8) is 0 Å². The molecule has 0 amide bonds. The molecule has 0 saturated heterocycles. The zero-order valence-electron chi connectivity index (χ0n) is 29.6. The lowest BCUT2D eigenvalue weighted by Crippen LogP contribution is -2.47. The van der Waals surface area contributed by atoms with Crippen LogP contribution >= 0.6 is 0 Å². The molecule has 0 radical (unpaired) electrons. The molecule has 0 aromatic rings. The van der Waals surface area contributed by atoms with Crippen molar-refractivity contribution in [1.82, 2.24) is 0 Å². The van der Waals surface area contributed by atoms with E-state index in [-0.39, 0.29) is 23.8 Å². The van der Waals surface area contributed by atoms with Crippen molar-refractivity contribution in [3.8, 4) is 0 Å². The zero-order chi connectivity index (χ0) is 32.9. The number of allylic oxidation sites excluding steroid dienone is 6. The molecule has 0 spiro atoms. The second-order valence-electron chi connectivity index (χ2n) is 13.6. The van der Waals surface area contributed by atoms with Crippen LogP contribution in [-0.4, -0.2) is 49.6 Å². The molecule has 2 aliphatic carbocycles. The minimum atomic E-state index is -0.592. The molecular weight excluding hydrogens is 552 g/mol. The van der Waals surface area contributed by atoms with Crippen LogP contribution in [0.15, 0.2) is 46.6 Å². The van der Waals surface area contributed by atoms with Crippen molar-refractivity contribution >= 4 is 11.6 Å². The minimum Gasteiger partial charge on any atom is -0.353 e. The van der Waals surface area contributed by atoms with Gasteiger partial charge in [-0.05, 0) is 132 Å². The van der Waals surface area contributed by atoms with E-state index in [4.69, 9.17) is 18.9 Å². The Labute approximate surface area is 268 Å². The molecular formula is C38H62O6. The quantitative estimate of drug-likeness (QED) is 0.0923. The van der Waals surface area contributed by atoms with Crippen LogP contribution in [0, 0.1) is 10.8 Å². The van der Waals surface area contributed by atoms with Gasteiger partial charge < -0.3 is 18.9 Å². The summed E-state index contributed by atoms with van der Waals surface area (Å²) in [4.78, 5) is 27.1. The molecule has 0 aliphatic heterocycles. The zero-order valence-corrected chi connectivity index (χ0v) is 29.6. The summed E-state index contributed by atoms with van der Waals surface area (Å²) in [6, 6.07) is 0. The van der Waals surface area contributed by atoms with E-state index in [0.29, 0.717) is 26.1 Å². The molecule has 0 aromatic heterocycles. The number of unbranched alkanes of at least 4 members (excludes halogenated alkanes) is 1. The van der Waals surface area contributed by atoms with Crippen LogP contribution in [0.2, 0.25) is 0 Å². The highest BCUT2D eigenvalue weighted by Crippen LogP contribution is 2.45. The highest BCUT2D eigenvalue weighted by atomic mass is 16.7. The molecule has 0 aromatic carbocycles. The third kappa shape index (κ3) is 10.9. The van der Waals surface area contributed by atoms with E-state index >= 15 is 0 Å². The molecule has 250 valence electrons. The van der Waals surface area contributed by atoms with Gasteiger partial charge in [0.2, 0.25) is 0 Å². The lowest BCUT2D eigenvalue weighted by atomic mass is 9.67. The lowest BCUT2D eigenvalue weighted by molar-refractivity contribution is -0.183. The average molecular weight is 615 g/mol. The van der Waals surface area contributed by atoms with Crippen LogP contribution in [0.3, 0.4) is 0 Å². The topological polar surface area (TPSA) is 71.1 Å². The molecule has 6 atom stereocenters. The largest absolute Gasteiger partial charge is 0.353 e. The molecule has 0 heterocycles. The third-order valence-corrected chi connectivity index (χ3v) is 9.26. The Morgan fingerprint density at radius 1 is 0.727 bits per heavy atom. The molecule has 6 nitrogen and oxygen atoms in total. The van der Waals surface area contributed by atoms with Crippen molar-refractivity contribution in [2.45, 2.75) is 158 Å². The fraction of sp³-hybridized carbons (Fsp3) is 0.737. The Kier molecular flexibility index (Phi) is 16.0. The Hall–Kier alpha value is -1.86. The normalized spacial score (nSPS) is 28.9. The highest BCUT2D eigenvalue weighted by molar-refractivity contribution is 5.87. The van der Waals surface area contributed by atoms with E-state index in [1.807, 2.05) is 67.5 Å². The summed E-state index contributed by atoms with van der Waals surface area (Å²) in [5.41, 5.74) is 3.50. The first-order valence-electron chi connectivity index (χ1n) is 17.0. The van der Waals surface area contributed by atoms with Gasteiger partial charge in [-0.2, -0.15) is 0 Å². The maximum atomic E-state index is 13.6. The summed E-state index contributed by atoms with van der Waals surface area (Å²) in [6.07, 6.45) is 15.1. The number of ether oxygens (including phenoxy) is 4. The van der Waals surface area contributed by atoms with Gasteiger partial charge in [0.05, 0.1) is 23.0 Å². The maximum Gasteiger partial charge on any atom is 0.155 e. The fourth-order valence-corrected chi connectivity index (χ4v) is 6.66. The van der Waals surface area contributed by atoms with Crippen molar-refractivity contribution in [2.75, 3.05) is 13.2 Å². The minimum absolute atomic E-state index is 0.225. The predicted octanol–water partition coefficient (Wildman–Crippen LogP) is 9.39. The summed E-state index contributed by atoms with van der Waals surface area (Å²) in [7, 11) is 0. The monoisotopic (exact) mass is 614 g/mol. The third-order valence-electron chi connectivity index (χ3n) is 9.26. The van der Waals surface area contributed by atoms with Gasteiger partial charge in [-0.15, -0.1) is 0 Å². The van der Waals surface area contributed by atoms with E-state index in [2.05, 4.69) is 26.0 Å². The number of carbonyl (C=O) groups excluding carboxylic acids is 2. The summed E-state index contributed by atoms with van der Waals surface area (Å²) in [5.74, 6) is 0.450. The maximum absolute atomic E-state index is 13.6. The first-order chi connectivity index (χ1) is 20.8. The molecule has 2 saturated carbocycles. The lowest BCUT2D eigenvalue weighted by Gasteiger charge is -2.43. The summed E-state index contributed by atoms with van der Waals surface area (Å²) in [5, 5.41) is 0. The van der Waals surface area contributed by atoms with Gasteiger partial charge in [-0.3, -0.25) is 9.59 Å². The molecule has 2 rings (SSSR count). The molecule has 0 N–H and O–H groups in total. The molecule has 6 heteroatoms. The van der Waals surface area contributed by atoms with Crippen molar-refractivity contribution < 1.29 is 28.5 Å². The van der Waals surface area contributed by atoms with Gasteiger partial charge in [-0.1, -0.05) is 35.5 Å². The number of ketones is 2. The van der Waals surface area contributed by atoms with Crippen LogP contribution in [-0.2, 0) is 28.5 Å². The van der Waals surface area contributed by atoms with Crippen LogP contribution in [0.25, 0.3) is 0 Å². The van der Waals surface area contributed by atoms with Crippen LogP contribution in [0.5, 0.6) is 0 Å². The molecule has 2 aliphatic rings. The standard InChI is InChI=1S/C38H62O6/c1-11-41-29(7)43-35-31(19-15-25-37(35,9)33(39)23-21-27(3)4)17-13-14-18-32-20-16-26-38(10,34(40)24-22-28(5)6)36(32)44-30(8)42-12-2/h17-18,21-22,29-30,35-36H,11-16,19-20,23-26H2,1-10H3/b31-17-,32-18-/t29?,30?,35-,36+,37-,38+. The number of Topliss-reactive ketones (excluding diaryl/α,β-unsaturated/α-hetero) is 2. The van der Waals surface area contributed by atoms with Crippen LogP contribution in [0.4, 0.5) is 0 Å². The van der Waals surface area contributed by atoms with Crippen molar-refractivity contribution in [1.29, 1.82) is 0 Å². The molecule has 44 heavy (non-hydrogen) atoms. The summed E-state index contributed by atoms with van der Waals surface area (Å²) in [6.45, 7) is 21.1. The van der Waals surface area contributed by atoms with Gasteiger partial charge >= 0.3 is 0 Å². The second-order valence-corrected chi connectivity index (χ2v) is 13.6. The predicted molar refractivity (Wildman–Crippen MR) is 179 cm³/mol. The number of rotatable bonds is 17. The van der Waals surface area contributed by atoms with Crippen molar-refractivity contribution in [3.05, 3.63) is 46.6 Å². The van der Waals surface area contributed by atoms with Gasteiger partial charge in [0.1, 0.15) is 11.6 Å². The Morgan fingerprint density at radius 3 is 1.41 bits per heavy atom. The number of carbonyl (C=O) groups is 2. The summed E-state index contributed by atoms with van der Waals surface area (Å²) >= 11 is 0. The van der Waals surface area contributed by atoms with Gasteiger partial charge in [-0.25, -0.2) is 0 Å². The van der Waals surface area contributed by atoms with Crippen molar-refractivity contribution in [2.24, 2.45) is 10.8 Å². The second kappa shape index (κ2) is 18.3. The average Bonchev–Trinajstić information content (AvgIpc) is 2.96. The van der Waals surface area contributed by atoms with E-state index in [9.17, 15) is 9.59 Å². The van der Waals surface area contributed by atoms with E-state index < -0.39 is 23.4 Å². The van der Waals surface area contributed by atoms with E-state index in [1.165, 1.54) is 11.1 Å². The first-order valence-corrected chi connectivity index (χ1v) is 17.0. The molecule has 2 fully saturated rings. The molecule has 2 unspecified atom stereocenters.